The Morgan fingerprint density at radius 3 is 2.57 bits per heavy atom. The summed E-state index contributed by atoms with van der Waals surface area (Å²) in [7, 11) is -3.79. The Bertz CT molecular complexity index is 735. The molecule has 0 aliphatic carbocycles. The highest BCUT2D eigenvalue weighted by Crippen LogP contribution is 2.22. The molecule has 7 heteroatoms. The molecule has 0 atom stereocenters. The standard InChI is InChI=1S/C14H17FN2O2S2/c1-9-5-13(20-10(9)2)8-17-21(18,19)14-6-12(15)4-3-11(14)7-16/h3-6,17H,7-8,16H2,1-2H3. The van der Waals surface area contributed by atoms with E-state index in [-0.39, 0.29) is 18.0 Å². The number of rotatable bonds is 5. The van der Waals surface area contributed by atoms with Gasteiger partial charge < -0.3 is 5.73 Å². The van der Waals surface area contributed by atoms with Gasteiger partial charge in [0, 0.05) is 22.8 Å². The molecule has 114 valence electrons. The quantitative estimate of drug-likeness (QED) is 0.885. The smallest absolute Gasteiger partial charge is 0.241 e. The molecular weight excluding hydrogens is 311 g/mol. The molecule has 0 spiro atoms. The summed E-state index contributed by atoms with van der Waals surface area (Å²) in [5, 5.41) is 0. The molecular formula is C14H17FN2O2S2. The van der Waals surface area contributed by atoms with Gasteiger partial charge in [0.25, 0.3) is 0 Å². The Morgan fingerprint density at radius 2 is 2.00 bits per heavy atom. The second-order valence-corrected chi connectivity index (χ2v) is 7.81. The summed E-state index contributed by atoms with van der Waals surface area (Å²) in [6.45, 7) is 4.18. The lowest BCUT2D eigenvalue weighted by Crippen LogP contribution is -2.24. The topological polar surface area (TPSA) is 72.2 Å². The molecule has 0 amide bonds. The number of hydrogen-bond donors (Lipinski definition) is 2. The summed E-state index contributed by atoms with van der Waals surface area (Å²) in [5.41, 5.74) is 7.03. The molecule has 0 fully saturated rings. The van der Waals surface area contributed by atoms with Gasteiger partial charge in [0.2, 0.25) is 10.0 Å². The number of nitrogens with two attached hydrogens (primary N) is 1. The van der Waals surface area contributed by atoms with Crippen molar-refractivity contribution in [1.29, 1.82) is 0 Å². The molecule has 0 aliphatic rings. The van der Waals surface area contributed by atoms with Crippen LogP contribution in [0.25, 0.3) is 0 Å². The Labute approximate surface area is 127 Å². The molecule has 1 aromatic heterocycles. The molecule has 4 nitrogen and oxygen atoms in total. The maximum atomic E-state index is 13.3. The van der Waals surface area contributed by atoms with Gasteiger partial charge in [-0.3, -0.25) is 0 Å². The third kappa shape index (κ3) is 3.68. The molecule has 2 aromatic rings. The van der Waals surface area contributed by atoms with Gasteiger partial charge in [0.15, 0.2) is 0 Å². The van der Waals surface area contributed by atoms with E-state index in [1.165, 1.54) is 23.5 Å². The Balaban J connectivity index is 2.24. The van der Waals surface area contributed by atoms with Gasteiger partial charge in [-0.05, 0) is 43.2 Å². The third-order valence-electron chi connectivity index (χ3n) is 3.19. The van der Waals surface area contributed by atoms with E-state index in [0.29, 0.717) is 5.56 Å². The fraction of sp³-hybridized carbons (Fsp3) is 0.286. The van der Waals surface area contributed by atoms with E-state index in [1.807, 2.05) is 19.9 Å². The van der Waals surface area contributed by atoms with Gasteiger partial charge in [-0.15, -0.1) is 11.3 Å². The third-order valence-corrected chi connectivity index (χ3v) is 5.83. The van der Waals surface area contributed by atoms with Gasteiger partial charge >= 0.3 is 0 Å². The Morgan fingerprint density at radius 1 is 1.29 bits per heavy atom. The van der Waals surface area contributed by atoms with Crippen LogP contribution in [0.1, 0.15) is 20.9 Å². The lowest BCUT2D eigenvalue weighted by atomic mass is 10.2. The summed E-state index contributed by atoms with van der Waals surface area (Å²) in [5.74, 6) is -0.601. The van der Waals surface area contributed by atoms with Crippen LogP contribution in [0.2, 0.25) is 0 Å². The molecule has 1 heterocycles. The van der Waals surface area contributed by atoms with E-state index in [2.05, 4.69) is 4.72 Å². The highest BCUT2D eigenvalue weighted by Gasteiger charge is 2.19. The van der Waals surface area contributed by atoms with E-state index in [9.17, 15) is 12.8 Å². The van der Waals surface area contributed by atoms with Crippen molar-refractivity contribution < 1.29 is 12.8 Å². The lowest BCUT2D eigenvalue weighted by molar-refractivity contribution is 0.576. The van der Waals surface area contributed by atoms with Crippen LogP contribution in [0.5, 0.6) is 0 Å². The van der Waals surface area contributed by atoms with Gasteiger partial charge in [-0.2, -0.15) is 0 Å². The van der Waals surface area contributed by atoms with Crippen molar-refractivity contribution in [2.24, 2.45) is 5.73 Å². The van der Waals surface area contributed by atoms with Gasteiger partial charge in [0.1, 0.15) is 5.82 Å². The minimum atomic E-state index is -3.79. The molecule has 0 saturated carbocycles. The zero-order chi connectivity index (χ0) is 15.6. The highest BCUT2D eigenvalue weighted by atomic mass is 32.2. The van der Waals surface area contributed by atoms with Gasteiger partial charge in [0.05, 0.1) is 4.90 Å². The summed E-state index contributed by atoms with van der Waals surface area (Å²) in [6.07, 6.45) is 0. The lowest BCUT2D eigenvalue weighted by Gasteiger charge is -2.10. The average molecular weight is 328 g/mol. The van der Waals surface area contributed by atoms with E-state index in [0.717, 1.165) is 21.4 Å². The normalized spacial score (nSPS) is 11.8. The second kappa shape index (κ2) is 6.23. The molecule has 21 heavy (non-hydrogen) atoms. The predicted octanol–water partition coefficient (Wildman–Crippen LogP) is 2.44. The van der Waals surface area contributed by atoms with Crippen molar-refractivity contribution >= 4 is 21.4 Å². The summed E-state index contributed by atoms with van der Waals surface area (Å²) in [4.78, 5) is 1.96. The fourth-order valence-electron chi connectivity index (χ4n) is 1.93. The average Bonchev–Trinajstić information content (AvgIpc) is 2.76. The molecule has 0 aliphatic heterocycles. The van der Waals surface area contributed by atoms with Crippen LogP contribution in [-0.4, -0.2) is 8.42 Å². The van der Waals surface area contributed by atoms with E-state index in [1.54, 1.807) is 0 Å². The molecule has 0 saturated heterocycles. The van der Waals surface area contributed by atoms with E-state index >= 15 is 0 Å². The van der Waals surface area contributed by atoms with Crippen LogP contribution in [0.15, 0.2) is 29.2 Å². The van der Waals surface area contributed by atoms with Crippen LogP contribution >= 0.6 is 11.3 Å². The number of nitrogens with one attached hydrogen (secondary N) is 1. The molecule has 3 N–H and O–H groups in total. The van der Waals surface area contributed by atoms with Crippen LogP contribution < -0.4 is 10.5 Å². The number of hydrogen-bond acceptors (Lipinski definition) is 4. The van der Waals surface area contributed by atoms with E-state index in [4.69, 9.17) is 5.73 Å². The van der Waals surface area contributed by atoms with Gasteiger partial charge in [-0.1, -0.05) is 6.07 Å². The maximum Gasteiger partial charge on any atom is 0.241 e. The minimum absolute atomic E-state index is 0.0355. The first-order chi connectivity index (χ1) is 9.83. The van der Waals surface area contributed by atoms with Crippen LogP contribution in [0.3, 0.4) is 0 Å². The second-order valence-electron chi connectivity index (χ2n) is 4.73. The number of halogens is 1. The first-order valence-corrected chi connectivity index (χ1v) is 8.67. The monoisotopic (exact) mass is 328 g/mol. The van der Waals surface area contributed by atoms with Crippen LogP contribution in [0.4, 0.5) is 4.39 Å². The number of thiophene rings is 1. The Hall–Kier alpha value is -1.28. The Kier molecular flexibility index (Phi) is 4.77. The van der Waals surface area contributed by atoms with Crippen LogP contribution in [0, 0.1) is 19.7 Å². The summed E-state index contributed by atoms with van der Waals surface area (Å²) >= 11 is 1.54. The number of aryl methyl sites for hydroxylation is 2. The van der Waals surface area contributed by atoms with Gasteiger partial charge in [-0.25, -0.2) is 17.5 Å². The zero-order valence-corrected chi connectivity index (χ0v) is 13.4. The first kappa shape index (κ1) is 16.1. The number of sulfonamides is 1. The van der Waals surface area contributed by atoms with Crippen molar-refractivity contribution in [1.82, 2.24) is 4.72 Å². The molecule has 0 radical (unpaired) electrons. The SMILES string of the molecule is Cc1cc(CNS(=O)(=O)c2cc(F)ccc2CN)sc1C. The van der Waals surface area contributed by atoms with Crippen LogP contribution in [-0.2, 0) is 23.1 Å². The fourth-order valence-corrected chi connectivity index (χ4v) is 4.28. The predicted molar refractivity (Wildman–Crippen MR) is 82.1 cm³/mol. The van der Waals surface area contributed by atoms with Crippen molar-refractivity contribution in [2.75, 3.05) is 0 Å². The van der Waals surface area contributed by atoms with Crippen molar-refractivity contribution in [3.05, 3.63) is 51.0 Å². The highest BCUT2D eigenvalue weighted by molar-refractivity contribution is 7.89. The van der Waals surface area contributed by atoms with Crippen molar-refractivity contribution in [3.63, 3.8) is 0 Å². The largest absolute Gasteiger partial charge is 0.326 e. The molecule has 0 unspecified atom stereocenters. The molecule has 2 rings (SSSR count). The van der Waals surface area contributed by atoms with E-state index < -0.39 is 15.8 Å². The molecule has 0 bridgehead atoms. The minimum Gasteiger partial charge on any atom is -0.326 e. The zero-order valence-electron chi connectivity index (χ0n) is 11.8. The van der Waals surface area contributed by atoms with Crippen molar-refractivity contribution in [2.45, 2.75) is 31.8 Å². The molecule has 1 aromatic carbocycles. The summed E-state index contributed by atoms with van der Waals surface area (Å²) < 4.78 is 40.4. The maximum absolute atomic E-state index is 13.3. The first-order valence-electron chi connectivity index (χ1n) is 6.37. The number of benzene rings is 1. The summed E-state index contributed by atoms with van der Waals surface area (Å²) in [6, 6.07) is 5.53. The van der Waals surface area contributed by atoms with Crippen molar-refractivity contribution in [3.8, 4) is 0 Å².